The normalized spacial score (nSPS) is 14.7. The Kier molecular flexibility index (Phi) is 9.62. The van der Waals surface area contributed by atoms with Gasteiger partial charge in [0, 0.05) is 0 Å². The molecular weight excluding hydrogens is 541 g/mol. The highest BCUT2D eigenvalue weighted by Gasteiger charge is 2.36. The van der Waals surface area contributed by atoms with Crippen LogP contribution in [0.4, 0.5) is 4.79 Å². The molecule has 0 unspecified atom stereocenters. The Morgan fingerprint density at radius 1 is 1.19 bits per heavy atom. The van der Waals surface area contributed by atoms with Gasteiger partial charge in [-0.25, -0.2) is 4.79 Å². The predicted molar refractivity (Wildman–Crippen MR) is 122 cm³/mol. The van der Waals surface area contributed by atoms with E-state index in [4.69, 9.17) is 14.2 Å². The standard InChI is InChI=1S/C20H22INO8S/c1-4-5-6-29-16(23)10-22-19(25)15(31-20(22)26)9-12-7-13(21)18(14(8-12)27-2)30-11-17(24)28-3/h7-9H,4-6,10-11H2,1-3H3/b15-9-. The Morgan fingerprint density at radius 2 is 1.94 bits per heavy atom. The first-order valence-corrected chi connectivity index (χ1v) is 11.2. The zero-order valence-electron chi connectivity index (χ0n) is 17.3. The maximum atomic E-state index is 12.6. The highest BCUT2D eigenvalue weighted by molar-refractivity contribution is 14.1. The van der Waals surface area contributed by atoms with Gasteiger partial charge in [0.05, 0.1) is 29.3 Å². The van der Waals surface area contributed by atoms with Gasteiger partial charge < -0.3 is 18.9 Å². The minimum absolute atomic E-state index is 0.174. The van der Waals surface area contributed by atoms with Gasteiger partial charge in [0.1, 0.15) is 6.54 Å². The van der Waals surface area contributed by atoms with Gasteiger partial charge in [-0.3, -0.25) is 19.3 Å². The molecule has 1 aliphatic rings. The number of halogens is 1. The van der Waals surface area contributed by atoms with Crippen LogP contribution in [0.5, 0.6) is 11.5 Å². The van der Waals surface area contributed by atoms with Crippen molar-refractivity contribution < 1.29 is 38.1 Å². The molecule has 1 fully saturated rings. The molecular formula is C20H22INO8S. The first-order chi connectivity index (χ1) is 14.8. The number of hydrogen-bond acceptors (Lipinski definition) is 9. The summed E-state index contributed by atoms with van der Waals surface area (Å²) in [4.78, 5) is 49.0. The monoisotopic (exact) mass is 563 g/mol. The van der Waals surface area contributed by atoms with Crippen molar-refractivity contribution in [1.29, 1.82) is 0 Å². The maximum Gasteiger partial charge on any atom is 0.343 e. The number of methoxy groups -OCH3 is 2. The smallest absolute Gasteiger partial charge is 0.343 e. The fraction of sp³-hybridized carbons (Fsp3) is 0.400. The summed E-state index contributed by atoms with van der Waals surface area (Å²) < 4.78 is 21.0. The van der Waals surface area contributed by atoms with Crippen molar-refractivity contribution in [3.63, 3.8) is 0 Å². The first kappa shape index (κ1) is 25.0. The van der Waals surface area contributed by atoms with Crippen LogP contribution in [0.3, 0.4) is 0 Å². The molecule has 1 aromatic rings. The SMILES string of the molecule is CCCCOC(=O)CN1C(=O)S/C(=C\c2cc(I)c(OCC(=O)OC)c(OC)c2)C1=O. The summed E-state index contributed by atoms with van der Waals surface area (Å²) in [5.41, 5.74) is 0.586. The fourth-order valence-electron chi connectivity index (χ4n) is 2.45. The molecule has 0 radical (unpaired) electrons. The number of ether oxygens (including phenoxy) is 4. The molecule has 0 N–H and O–H groups in total. The lowest BCUT2D eigenvalue weighted by molar-refractivity contribution is -0.146. The van der Waals surface area contributed by atoms with E-state index in [1.807, 2.05) is 29.5 Å². The van der Waals surface area contributed by atoms with Crippen LogP contribution in [0.15, 0.2) is 17.0 Å². The van der Waals surface area contributed by atoms with Gasteiger partial charge in [-0.15, -0.1) is 0 Å². The maximum absolute atomic E-state index is 12.6. The molecule has 11 heteroatoms. The van der Waals surface area contributed by atoms with Crippen LogP contribution >= 0.6 is 34.4 Å². The Hall–Kier alpha value is -2.28. The molecule has 0 atom stereocenters. The average Bonchev–Trinajstić information content (AvgIpc) is 2.99. The largest absolute Gasteiger partial charge is 0.493 e. The van der Waals surface area contributed by atoms with Gasteiger partial charge in [-0.2, -0.15) is 0 Å². The van der Waals surface area contributed by atoms with Crippen LogP contribution in [0.25, 0.3) is 6.08 Å². The number of thioether (sulfide) groups is 1. The van der Waals surface area contributed by atoms with E-state index in [2.05, 4.69) is 4.74 Å². The zero-order chi connectivity index (χ0) is 23.0. The van der Waals surface area contributed by atoms with Crippen molar-refractivity contribution in [2.24, 2.45) is 0 Å². The van der Waals surface area contributed by atoms with Crippen molar-refractivity contribution in [1.82, 2.24) is 4.90 Å². The van der Waals surface area contributed by atoms with E-state index >= 15 is 0 Å². The summed E-state index contributed by atoms with van der Waals surface area (Å²) in [6, 6.07) is 3.32. The molecule has 0 bridgehead atoms. The Bertz CT molecular complexity index is 901. The molecule has 168 valence electrons. The van der Waals surface area contributed by atoms with Gasteiger partial charge in [-0.05, 0) is 64.5 Å². The average molecular weight is 563 g/mol. The molecule has 0 aliphatic carbocycles. The minimum Gasteiger partial charge on any atom is -0.493 e. The number of esters is 2. The van der Waals surface area contributed by atoms with Gasteiger partial charge in [0.25, 0.3) is 11.1 Å². The van der Waals surface area contributed by atoms with Crippen molar-refractivity contribution in [2.75, 3.05) is 34.0 Å². The van der Waals surface area contributed by atoms with Crippen LogP contribution in [0.2, 0.25) is 0 Å². The number of imide groups is 1. The third-order valence-corrected chi connectivity index (χ3v) is 5.74. The number of rotatable bonds is 10. The van der Waals surface area contributed by atoms with Crippen LogP contribution < -0.4 is 9.47 Å². The lowest BCUT2D eigenvalue weighted by Gasteiger charge is -2.13. The van der Waals surface area contributed by atoms with E-state index in [9.17, 15) is 19.2 Å². The molecule has 2 amide bonds. The highest BCUT2D eigenvalue weighted by Crippen LogP contribution is 2.37. The van der Waals surface area contributed by atoms with Crippen molar-refractivity contribution >= 4 is 63.5 Å². The van der Waals surface area contributed by atoms with E-state index < -0.39 is 29.6 Å². The number of benzene rings is 1. The summed E-state index contributed by atoms with van der Waals surface area (Å²) in [6.45, 7) is 1.51. The topological polar surface area (TPSA) is 108 Å². The van der Waals surface area contributed by atoms with Crippen molar-refractivity contribution in [3.8, 4) is 11.5 Å². The highest BCUT2D eigenvalue weighted by atomic mass is 127. The van der Waals surface area contributed by atoms with E-state index in [0.29, 0.717) is 27.1 Å². The summed E-state index contributed by atoms with van der Waals surface area (Å²) in [7, 11) is 2.70. The Morgan fingerprint density at radius 3 is 2.58 bits per heavy atom. The van der Waals surface area contributed by atoms with E-state index in [0.717, 1.165) is 23.1 Å². The zero-order valence-corrected chi connectivity index (χ0v) is 20.2. The molecule has 9 nitrogen and oxygen atoms in total. The minimum atomic E-state index is -0.625. The Balaban J connectivity index is 2.16. The second-order valence-corrected chi connectivity index (χ2v) is 8.40. The molecule has 31 heavy (non-hydrogen) atoms. The molecule has 1 aliphatic heterocycles. The van der Waals surface area contributed by atoms with Gasteiger partial charge in [0.15, 0.2) is 18.1 Å². The van der Waals surface area contributed by atoms with E-state index in [1.54, 1.807) is 12.1 Å². The quantitative estimate of drug-likeness (QED) is 0.184. The van der Waals surface area contributed by atoms with Gasteiger partial charge >= 0.3 is 11.9 Å². The molecule has 0 saturated carbocycles. The van der Waals surface area contributed by atoms with Gasteiger partial charge in [-0.1, -0.05) is 13.3 Å². The second-order valence-electron chi connectivity index (χ2n) is 6.24. The number of hydrogen-bond donors (Lipinski definition) is 0. The van der Waals surface area contributed by atoms with E-state index in [-0.39, 0.29) is 18.1 Å². The number of carbonyl (C=O) groups is 4. The molecule has 1 aromatic carbocycles. The second kappa shape index (κ2) is 11.9. The molecule has 1 saturated heterocycles. The third kappa shape index (κ3) is 6.86. The summed E-state index contributed by atoms with van der Waals surface area (Å²) in [6.07, 6.45) is 3.11. The molecule has 0 aromatic heterocycles. The molecule has 0 spiro atoms. The van der Waals surface area contributed by atoms with Gasteiger partial charge in [0.2, 0.25) is 0 Å². The van der Waals surface area contributed by atoms with E-state index in [1.165, 1.54) is 20.3 Å². The number of nitrogens with zero attached hydrogens (tertiary/aromatic N) is 1. The predicted octanol–water partition coefficient (Wildman–Crippen LogP) is 3.23. The summed E-state index contributed by atoms with van der Waals surface area (Å²) in [5.74, 6) is -1.03. The lowest BCUT2D eigenvalue weighted by atomic mass is 10.2. The number of unbranched alkanes of at least 4 members (excludes halogenated alkanes) is 1. The number of amides is 2. The lowest BCUT2D eigenvalue weighted by Crippen LogP contribution is -2.34. The Labute approximate surface area is 197 Å². The fourth-order valence-corrected chi connectivity index (χ4v) is 4.07. The van der Waals surface area contributed by atoms with Crippen molar-refractivity contribution in [3.05, 3.63) is 26.2 Å². The van der Waals surface area contributed by atoms with Crippen LogP contribution in [-0.2, 0) is 23.9 Å². The molecule has 1 heterocycles. The van der Waals surface area contributed by atoms with Crippen LogP contribution in [0.1, 0.15) is 25.3 Å². The summed E-state index contributed by atoms with van der Waals surface area (Å²) >= 11 is 2.75. The van der Waals surface area contributed by atoms with Crippen LogP contribution in [0, 0.1) is 3.57 Å². The third-order valence-electron chi connectivity index (χ3n) is 4.03. The molecule has 2 rings (SSSR count). The first-order valence-electron chi connectivity index (χ1n) is 9.28. The summed E-state index contributed by atoms with van der Waals surface area (Å²) in [5, 5.41) is -0.539. The number of carbonyl (C=O) groups excluding carboxylic acids is 4. The van der Waals surface area contributed by atoms with Crippen LogP contribution in [-0.4, -0.2) is 62.0 Å². The van der Waals surface area contributed by atoms with Crippen molar-refractivity contribution in [2.45, 2.75) is 19.8 Å².